The number of carbonyl (C=O) groups is 1. The van der Waals surface area contributed by atoms with E-state index in [0.717, 1.165) is 11.7 Å². The van der Waals surface area contributed by atoms with Crippen molar-refractivity contribution in [3.05, 3.63) is 53.8 Å². The van der Waals surface area contributed by atoms with E-state index in [-0.39, 0.29) is 42.9 Å². The Morgan fingerprint density at radius 3 is 2.60 bits per heavy atom. The molecule has 3 aromatic rings. The van der Waals surface area contributed by atoms with E-state index < -0.39 is 10.0 Å². The molecule has 1 saturated heterocycles. The first-order chi connectivity index (χ1) is 14.5. The molecule has 0 atom stereocenters. The number of benzene rings is 2. The Morgan fingerprint density at radius 2 is 1.83 bits per heavy atom. The van der Waals surface area contributed by atoms with Gasteiger partial charge in [0.05, 0.1) is 11.7 Å². The molecule has 0 spiro atoms. The standard InChI is InChI=1S/C19H20FN5O3S2/c20-15-5-2-1-4-14(15)8-9-21-19(26)24-10-12-25(13-11-24)30(27,28)17-7-3-6-16-18(17)23-29-22-16/h1-7H,8-13H2,(H,21,26). The van der Waals surface area contributed by atoms with Gasteiger partial charge in [-0.05, 0) is 30.2 Å². The number of piperazine rings is 1. The normalized spacial score (nSPS) is 15.4. The Hall–Kier alpha value is -2.63. The Bertz CT molecular complexity index is 1160. The molecule has 2 aromatic carbocycles. The summed E-state index contributed by atoms with van der Waals surface area (Å²) in [6.07, 6.45) is 0.387. The van der Waals surface area contributed by atoms with Crippen LogP contribution in [0.3, 0.4) is 0 Å². The third kappa shape index (κ3) is 4.13. The first kappa shape index (κ1) is 20.6. The number of halogens is 1. The smallest absolute Gasteiger partial charge is 0.317 e. The van der Waals surface area contributed by atoms with Gasteiger partial charge < -0.3 is 10.2 Å². The minimum Gasteiger partial charge on any atom is -0.338 e. The summed E-state index contributed by atoms with van der Waals surface area (Å²) < 4.78 is 49.3. The second-order valence-corrected chi connectivity index (χ2v) is 9.29. The Morgan fingerprint density at radius 1 is 1.07 bits per heavy atom. The van der Waals surface area contributed by atoms with Gasteiger partial charge in [0, 0.05) is 32.7 Å². The SMILES string of the molecule is O=C(NCCc1ccccc1F)N1CCN(S(=O)(=O)c2cccc3nsnc23)CC1. The van der Waals surface area contributed by atoms with Gasteiger partial charge in [-0.25, -0.2) is 17.6 Å². The summed E-state index contributed by atoms with van der Waals surface area (Å²) in [5.74, 6) is -0.295. The lowest BCUT2D eigenvalue weighted by Gasteiger charge is -2.34. The van der Waals surface area contributed by atoms with Gasteiger partial charge in [-0.15, -0.1) is 0 Å². The molecule has 0 aliphatic carbocycles. The van der Waals surface area contributed by atoms with E-state index in [1.54, 1.807) is 35.2 Å². The van der Waals surface area contributed by atoms with Crippen molar-refractivity contribution >= 4 is 38.8 Å². The van der Waals surface area contributed by atoms with Crippen LogP contribution in [0.4, 0.5) is 9.18 Å². The van der Waals surface area contributed by atoms with Gasteiger partial charge in [-0.3, -0.25) is 0 Å². The lowest BCUT2D eigenvalue weighted by atomic mass is 10.1. The van der Waals surface area contributed by atoms with Crippen LogP contribution in [-0.4, -0.2) is 65.1 Å². The zero-order valence-electron chi connectivity index (χ0n) is 16.0. The summed E-state index contributed by atoms with van der Waals surface area (Å²) in [4.78, 5) is 14.1. The molecule has 1 aromatic heterocycles. The number of hydrogen-bond donors (Lipinski definition) is 1. The fourth-order valence-corrected chi connectivity index (χ4v) is 5.55. The number of hydrogen-bond acceptors (Lipinski definition) is 6. The zero-order chi connectivity index (χ0) is 21.1. The molecular weight excluding hydrogens is 429 g/mol. The second kappa shape index (κ2) is 8.62. The molecule has 1 aliphatic heterocycles. The third-order valence-corrected chi connectivity index (χ3v) is 7.49. The van der Waals surface area contributed by atoms with Crippen LogP contribution in [0.15, 0.2) is 47.4 Å². The molecule has 1 N–H and O–H groups in total. The highest BCUT2D eigenvalue weighted by molar-refractivity contribution is 7.89. The van der Waals surface area contributed by atoms with E-state index in [2.05, 4.69) is 14.1 Å². The quantitative estimate of drug-likeness (QED) is 0.644. The Kier molecular flexibility index (Phi) is 5.93. The first-order valence-corrected chi connectivity index (χ1v) is 11.6. The van der Waals surface area contributed by atoms with Crippen LogP contribution in [0.2, 0.25) is 0 Å². The zero-order valence-corrected chi connectivity index (χ0v) is 17.6. The van der Waals surface area contributed by atoms with Crippen LogP contribution < -0.4 is 5.32 Å². The number of rotatable bonds is 5. The van der Waals surface area contributed by atoms with Crippen LogP contribution in [0.25, 0.3) is 11.0 Å². The minimum atomic E-state index is -3.73. The molecular formula is C19H20FN5O3S2. The monoisotopic (exact) mass is 449 g/mol. The van der Waals surface area contributed by atoms with Crippen LogP contribution in [0.1, 0.15) is 5.56 Å². The molecule has 11 heteroatoms. The molecule has 2 amide bonds. The molecule has 1 aliphatic rings. The molecule has 1 fully saturated rings. The summed E-state index contributed by atoms with van der Waals surface area (Å²) in [5.41, 5.74) is 1.46. The Balaban J connectivity index is 1.33. The predicted octanol–water partition coefficient (Wildman–Crippen LogP) is 2.09. The average molecular weight is 450 g/mol. The summed E-state index contributed by atoms with van der Waals surface area (Å²) in [6, 6.07) is 11.1. The van der Waals surface area contributed by atoms with Gasteiger partial charge >= 0.3 is 6.03 Å². The molecule has 0 bridgehead atoms. The first-order valence-electron chi connectivity index (χ1n) is 9.44. The van der Waals surface area contributed by atoms with Gasteiger partial charge in [-0.2, -0.15) is 13.1 Å². The van der Waals surface area contributed by atoms with Crippen molar-refractivity contribution in [2.24, 2.45) is 0 Å². The van der Waals surface area contributed by atoms with Crippen molar-refractivity contribution < 1.29 is 17.6 Å². The number of aromatic nitrogens is 2. The summed E-state index contributed by atoms with van der Waals surface area (Å²) >= 11 is 0.973. The van der Waals surface area contributed by atoms with Crippen molar-refractivity contribution in [2.75, 3.05) is 32.7 Å². The van der Waals surface area contributed by atoms with Gasteiger partial charge in [0.25, 0.3) is 0 Å². The van der Waals surface area contributed by atoms with Gasteiger partial charge in [-0.1, -0.05) is 24.3 Å². The van der Waals surface area contributed by atoms with E-state index in [1.165, 1.54) is 16.4 Å². The van der Waals surface area contributed by atoms with Crippen LogP contribution in [0.5, 0.6) is 0 Å². The number of amides is 2. The molecule has 0 saturated carbocycles. The third-order valence-electron chi connectivity index (χ3n) is 5.02. The number of carbonyl (C=O) groups excluding carboxylic acids is 1. The van der Waals surface area contributed by atoms with Crippen molar-refractivity contribution in [1.82, 2.24) is 23.3 Å². The lowest BCUT2D eigenvalue weighted by molar-refractivity contribution is 0.172. The number of urea groups is 1. The maximum absolute atomic E-state index is 13.6. The molecule has 30 heavy (non-hydrogen) atoms. The van der Waals surface area contributed by atoms with Crippen molar-refractivity contribution in [1.29, 1.82) is 0 Å². The fourth-order valence-electron chi connectivity index (χ4n) is 3.38. The largest absolute Gasteiger partial charge is 0.338 e. The van der Waals surface area contributed by atoms with Gasteiger partial charge in [0.1, 0.15) is 21.7 Å². The van der Waals surface area contributed by atoms with E-state index in [1.807, 2.05) is 0 Å². The average Bonchev–Trinajstić information content (AvgIpc) is 3.24. The van der Waals surface area contributed by atoms with Crippen molar-refractivity contribution in [2.45, 2.75) is 11.3 Å². The number of sulfonamides is 1. The summed E-state index contributed by atoms with van der Waals surface area (Å²) in [7, 11) is -3.73. The topological polar surface area (TPSA) is 95.5 Å². The van der Waals surface area contributed by atoms with Crippen LogP contribution >= 0.6 is 11.7 Å². The number of fused-ring (bicyclic) bond motifs is 1. The maximum Gasteiger partial charge on any atom is 0.317 e. The maximum atomic E-state index is 13.6. The summed E-state index contributed by atoms with van der Waals surface area (Å²) in [6.45, 7) is 1.23. The number of nitrogens with zero attached hydrogens (tertiary/aromatic N) is 4. The molecule has 2 heterocycles. The molecule has 8 nitrogen and oxygen atoms in total. The van der Waals surface area contributed by atoms with E-state index >= 15 is 0 Å². The van der Waals surface area contributed by atoms with Gasteiger partial charge in [0.2, 0.25) is 10.0 Å². The molecule has 4 rings (SSSR count). The molecule has 0 radical (unpaired) electrons. The molecule has 158 valence electrons. The van der Waals surface area contributed by atoms with Crippen molar-refractivity contribution in [3.63, 3.8) is 0 Å². The second-order valence-electron chi connectivity index (χ2n) is 6.85. The highest BCUT2D eigenvalue weighted by Gasteiger charge is 2.31. The Labute approximate surface area is 177 Å². The minimum absolute atomic E-state index is 0.136. The van der Waals surface area contributed by atoms with E-state index in [9.17, 15) is 17.6 Å². The highest BCUT2D eigenvalue weighted by atomic mass is 32.2. The van der Waals surface area contributed by atoms with Crippen LogP contribution in [0, 0.1) is 5.82 Å². The highest BCUT2D eigenvalue weighted by Crippen LogP contribution is 2.25. The lowest BCUT2D eigenvalue weighted by Crippen LogP contribution is -2.53. The predicted molar refractivity (Wildman–Crippen MR) is 111 cm³/mol. The van der Waals surface area contributed by atoms with Crippen molar-refractivity contribution in [3.8, 4) is 0 Å². The fraction of sp³-hybridized carbons (Fsp3) is 0.316. The number of nitrogens with one attached hydrogen (secondary N) is 1. The van der Waals surface area contributed by atoms with Gasteiger partial charge in [0.15, 0.2) is 0 Å². The van der Waals surface area contributed by atoms with E-state index in [0.29, 0.717) is 29.6 Å². The van der Waals surface area contributed by atoms with E-state index in [4.69, 9.17) is 0 Å². The summed E-state index contributed by atoms with van der Waals surface area (Å²) in [5, 5.41) is 2.77. The van der Waals surface area contributed by atoms with Crippen LogP contribution in [-0.2, 0) is 16.4 Å². The molecule has 0 unspecified atom stereocenters.